The predicted molar refractivity (Wildman–Crippen MR) is 78.9 cm³/mol. The van der Waals surface area contributed by atoms with Crippen LogP contribution in [0.15, 0.2) is 57.9 Å². The number of carbonyl (C=O) groups is 1. The van der Waals surface area contributed by atoms with E-state index in [1.165, 1.54) is 12.1 Å². The summed E-state index contributed by atoms with van der Waals surface area (Å²) in [6, 6.07) is 7.50. The third-order valence-electron chi connectivity index (χ3n) is 2.75. The van der Waals surface area contributed by atoms with Crippen LogP contribution in [0.2, 0.25) is 0 Å². The topological polar surface area (TPSA) is 51.5 Å². The van der Waals surface area contributed by atoms with Crippen molar-refractivity contribution in [3.05, 3.63) is 69.8 Å². The Balaban J connectivity index is 1.93. The minimum atomic E-state index is -0.547. The quantitative estimate of drug-likeness (QED) is 0.619. The molecule has 0 fully saturated rings. The van der Waals surface area contributed by atoms with E-state index in [4.69, 9.17) is 4.74 Å². The van der Waals surface area contributed by atoms with E-state index >= 15 is 0 Å². The van der Waals surface area contributed by atoms with E-state index in [1.807, 2.05) is 0 Å². The number of benzene rings is 1. The molecule has 0 spiro atoms. The highest BCUT2D eigenvalue weighted by Crippen LogP contribution is 2.20. The van der Waals surface area contributed by atoms with Gasteiger partial charge in [0.25, 0.3) is 0 Å². The van der Waals surface area contributed by atoms with Crippen molar-refractivity contribution in [2.75, 3.05) is 0 Å². The molecule has 0 bridgehead atoms. The highest BCUT2D eigenvalue weighted by atomic mass is 79.9. The molecule has 1 aliphatic rings. The number of nitrogens with zero attached hydrogens (tertiary/aromatic N) is 2. The van der Waals surface area contributed by atoms with Gasteiger partial charge in [-0.05, 0) is 45.8 Å². The number of rotatable bonds is 2. The van der Waals surface area contributed by atoms with Gasteiger partial charge in [-0.3, -0.25) is 4.98 Å². The maximum Gasteiger partial charge on any atom is 0.363 e. The van der Waals surface area contributed by atoms with Gasteiger partial charge in [-0.2, -0.15) is 0 Å². The first-order chi connectivity index (χ1) is 10.1. The molecule has 21 heavy (non-hydrogen) atoms. The molecule has 0 unspecified atom stereocenters. The van der Waals surface area contributed by atoms with Gasteiger partial charge in [-0.15, -0.1) is 0 Å². The Morgan fingerprint density at radius 1 is 1.19 bits per heavy atom. The summed E-state index contributed by atoms with van der Waals surface area (Å²) in [5.41, 5.74) is 1.43. The first kappa shape index (κ1) is 13.6. The molecule has 0 aliphatic carbocycles. The van der Waals surface area contributed by atoms with Crippen LogP contribution in [-0.2, 0) is 9.53 Å². The zero-order chi connectivity index (χ0) is 14.8. The molecule has 6 heteroatoms. The molecule has 0 atom stereocenters. The number of pyridine rings is 1. The van der Waals surface area contributed by atoms with Crippen LogP contribution >= 0.6 is 15.9 Å². The summed E-state index contributed by atoms with van der Waals surface area (Å²) in [5.74, 6) is -0.688. The Labute approximate surface area is 128 Å². The number of cyclic esters (lactones) is 1. The summed E-state index contributed by atoms with van der Waals surface area (Å²) in [5, 5.41) is 0. The van der Waals surface area contributed by atoms with Gasteiger partial charge < -0.3 is 4.74 Å². The first-order valence-corrected chi connectivity index (χ1v) is 6.80. The van der Waals surface area contributed by atoms with Gasteiger partial charge >= 0.3 is 5.97 Å². The minimum absolute atomic E-state index is 0.164. The lowest BCUT2D eigenvalue weighted by molar-refractivity contribution is -0.129. The maximum absolute atomic E-state index is 12.8. The van der Waals surface area contributed by atoms with E-state index in [9.17, 15) is 9.18 Å². The number of aliphatic imine (C=N–C) groups is 1. The lowest BCUT2D eigenvalue weighted by Crippen LogP contribution is -2.05. The van der Waals surface area contributed by atoms with Gasteiger partial charge in [0.1, 0.15) is 5.82 Å². The summed E-state index contributed by atoms with van der Waals surface area (Å²) in [7, 11) is 0. The van der Waals surface area contributed by atoms with E-state index < -0.39 is 5.97 Å². The predicted octanol–water partition coefficient (Wildman–Crippen LogP) is 3.33. The SMILES string of the molecule is O=C1OC(c2cncc(Br)c2)=N/C1=C\c1ccc(F)cc1. The van der Waals surface area contributed by atoms with Crippen LogP contribution in [0.4, 0.5) is 4.39 Å². The van der Waals surface area contributed by atoms with Crippen molar-refractivity contribution >= 4 is 33.9 Å². The van der Waals surface area contributed by atoms with Crippen LogP contribution in [-0.4, -0.2) is 16.9 Å². The smallest absolute Gasteiger partial charge is 0.363 e. The van der Waals surface area contributed by atoms with Crippen LogP contribution in [0.1, 0.15) is 11.1 Å². The zero-order valence-electron chi connectivity index (χ0n) is 10.6. The van der Waals surface area contributed by atoms with Gasteiger partial charge in [0, 0.05) is 16.9 Å². The average molecular weight is 347 g/mol. The Bertz CT molecular complexity index is 769. The molecule has 1 aromatic heterocycles. The molecule has 0 radical (unpaired) electrons. The van der Waals surface area contributed by atoms with Crippen molar-refractivity contribution in [2.24, 2.45) is 4.99 Å². The van der Waals surface area contributed by atoms with Crippen molar-refractivity contribution in [3.8, 4) is 0 Å². The molecule has 0 amide bonds. The number of hydrogen-bond donors (Lipinski definition) is 0. The lowest BCUT2D eigenvalue weighted by atomic mass is 10.2. The van der Waals surface area contributed by atoms with E-state index in [2.05, 4.69) is 25.9 Å². The fourth-order valence-corrected chi connectivity index (χ4v) is 2.14. The molecule has 1 aliphatic heterocycles. The molecule has 1 aromatic carbocycles. The summed E-state index contributed by atoms with van der Waals surface area (Å²) in [4.78, 5) is 19.9. The summed E-state index contributed by atoms with van der Waals surface area (Å²) < 4.78 is 18.7. The lowest BCUT2D eigenvalue weighted by Gasteiger charge is -1.98. The molecule has 2 aromatic rings. The number of ether oxygens (including phenoxy) is 1. The Morgan fingerprint density at radius 2 is 1.95 bits per heavy atom. The molecule has 104 valence electrons. The fourth-order valence-electron chi connectivity index (χ4n) is 1.78. The Morgan fingerprint density at radius 3 is 2.67 bits per heavy atom. The number of esters is 1. The molecule has 0 N–H and O–H groups in total. The number of hydrogen-bond acceptors (Lipinski definition) is 4. The molecule has 4 nitrogen and oxygen atoms in total. The van der Waals surface area contributed by atoms with Crippen LogP contribution in [0.5, 0.6) is 0 Å². The number of halogens is 2. The standard InChI is InChI=1S/C15H8BrFN2O2/c16-11-6-10(7-18-8-11)14-19-13(15(20)21-14)5-9-1-3-12(17)4-2-9/h1-8H/b13-5-. The van der Waals surface area contributed by atoms with Crippen LogP contribution in [0.3, 0.4) is 0 Å². The van der Waals surface area contributed by atoms with Crippen molar-refractivity contribution in [1.82, 2.24) is 4.98 Å². The second kappa shape index (κ2) is 5.57. The van der Waals surface area contributed by atoms with E-state index in [-0.39, 0.29) is 17.4 Å². The largest absolute Gasteiger partial charge is 0.402 e. The van der Waals surface area contributed by atoms with E-state index in [0.717, 1.165) is 4.47 Å². The molecule has 0 saturated carbocycles. The van der Waals surface area contributed by atoms with E-state index in [1.54, 1.807) is 36.7 Å². The molecule has 0 saturated heterocycles. The first-order valence-electron chi connectivity index (χ1n) is 6.01. The van der Waals surface area contributed by atoms with Crippen LogP contribution in [0, 0.1) is 5.82 Å². The summed E-state index contributed by atoms with van der Waals surface area (Å²) >= 11 is 3.29. The molecule has 3 rings (SSSR count). The zero-order valence-corrected chi connectivity index (χ0v) is 12.2. The van der Waals surface area contributed by atoms with Gasteiger partial charge in [0.05, 0.1) is 5.56 Å². The average Bonchev–Trinajstić information content (AvgIpc) is 2.83. The monoisotopic (exact) mass is 346 g/mol. The maximum atomic E-state index is 12.8. The van der Waals surface area contributed by atoms with Crippen molar-refractivity contribution in [3.63, 3.8) is 0 Å². The highest BCUT2D eigenvalue weighted by molar-refractivity contribution is 9.10. The van der Waals surface area contributed by atoms with Crippen molar-refractivity contribution < 1.29 is 13.9 Å². The molecular formula is C15H8BrFN2O2. The van der Waals surface area contributed by atoms with Crippen molar-refractivity contribution in [1.29, 1.82) is 0 Å². The normalized spacial score (nSPS) is 16.0. The van der Waals surface area contributed by atoms with Crippen LogP contribution < -0.4 is 0 Å². The van der Waals surface area contributed by atoms with Gasteiger partial charge in [0.2, 0.25) is 5.90 Å². The Hall–Kier alpha value is -2.34. The molecular weight excluding hydrogens is 339 g/mol. The molecule has 2 heterocycles. The second-order valence-electron chi connectivity index (χ2n) is 4.28. The van der Waals surface area contributed by atoms with Crippen molar-refractivity contribution in [2.45, 2.75) is 0 Å². The van der Waals surface area contributed by atoms with Gasteiger partial charge in [0.15, 0.2) is 5.70 Å². The second-order valence-corrected chi connectivity index (χ2v) is 5.20. The third kappa shape index (κ3) is 3.05. The fraction of sp³-hybridized carbons (Fsp3) is 0. The summed E-state index contributed by atoms with van der Waals surface area (Å²) in [6.45, 7) is 0. The van der Waals surface area contributed by atoms with Crippen LogP contribution in [0.25, 0.3) is 6.08 Å². The third-order valence-corrected chi connectivity index (χ3v) is 3.18. The number of carbonyl (C=O) groups excluding carboxylic acids is 1. The minimum Gasteiger partial charge on any atom is -0.402 e. The Kier molecular flexibility index (Phi) is 3.62. The highest BCUT2D eigenvalue weighted by Gasteiger charge is 2.24. The summed E-state index contributed by atoms with van der Waals surface area (Å²) in [6.07, 6.45) is 4.72. The van der Waals surface area contributed by atoms with E-state index in [0.29, 0.717) is 11.1 Å². The number of aromatic nitrogens is 1. The van der Waals surface area contributed by atoms with Gasteiger partial charge in [-0.25, -0.2) is 14.2 Å². The van der Waals surface area contributed by atoms with Gasteiger partial charge in [-0.1, -0.05) is 12.1 Å².